The molecule has 3 rings (SSSR count). The van der Waals surface area contributed by atoms with Crippen molar-refractivity contribution in [3.63, 3.8) is 0 Å². The number of halogens is 2. The first-order valence-electron chi connectivity index (χ1n) is 9.66. The minimum absolute atomic E-state index is 0.000945. The first-order chi connectivity index (χ1) is 14.8. The topological polar surface area (TPSA) is 125 Å². The number of rotatable bonds is 6. The number of aliphatic hydroxyl groups excluding tert-OH is 2. The van der Waals surface area contributed by atoms with Gasteiger partial charge in [0.1, 0.15) is 11.5 Å². The Bertz CT molecular complexity index is 1030. The van der Waals surface area contributed by atoms with Crippen molar-refractivity contribution in [2.75, 3.05) is 18.0 Å². The Hall–Kier alpha value is -3.24. The van der Waals surface area contributed by atoms with E-state index >= 15 is 0 Å². The highest BCUT2D eigenvalue weighted by molar-refractivity contribution is 6.44. The first-order valence-corrected chi connectivity index (χ1v) is 9.66. The van der Waals surface area contributed by atoms with Crippen LogP contribution in [0.3, 0.4) is 0 Å². The van der Waals surface area contributed by atoms with E-state index in [-0.39, 0.29) is 49.1 Å². The predicted molar refractivity (Wildman–Crippen MR) is 111 cm³/mol. The van der Waals surface area contributed by atoms with Gasteiger partial charge in [0.15, 0.2) is 23.2 Å². The number of nitrogens with two attached hydrogens (primary N) is 1. The Balaban J connectivity index is 1.86. The van der Waals surface area contributed by atoms with Crippen molar-refractivity contribution in [3.05, 3.63) is 59.6 Å². The van der Waals surface area contributed by atoms with E-state index in [1.165, 1.54) is 24.0 Å². The van der Waals surface area contributed by atoms with Crippen LogP contribution in [0.15, 0.2) is 41.5 Å². The molecule has 0 saturated carbocycles. The fraction of sp³-hybridized carbons (Fsp3) is 0.333. The van der Waals surface area contributed by atoms with Crippen molar-refractivity contribution >= 4 is 23.0 Å². The summed E-state index contributed by atoms with van der Waals surface area (Å²) in [6.07, 6.45) is 0.542. The molecular formula is C21H23F2N5O3. The van der Waals surface area contributed by atoms with E-state index < -0.39 is 29.6 Å². The number of nitrogens with zero attached hydrogens (tertiary/aromatic N) is 4. The zero-order valence-electron chi connectivity index (χ0n) is 16.9. The van der Waals surface area contributed by atoms with Crippen LogP contribution in [0.25, 0.3) is 5.70 Å². The Labute approximate surface area is 177 Å². The quantitative estimate of drug-likeness (QED) is 0.587. The lowest BCUT2D eigenvalue weighted by Gasteiger charge is -2.34. The second-order valence-corrected chi connectivity index (χ2v) is 7.18. The number of aliphatic imine (C=N–C) groups is 1. The van der Waals surface area contributed by atoms with Crippen molar-refractivity contribution in [2.24, 2.45) is 10.7 Å². The van der Waals surface area contributed by atoms with Gasteiger partial charge in [0, 0.05) is 25.6 Å². The normalized spacial score (nSPS) is 20.1. The maximum absolute atomic E-state index is 14.3. The maximum atomic E-state index is 14.3. The molecule has 2 unspecified atom stereocenters. The molecule has 1 fully saturated rings. The van der Waals surface area contributed by atoms with Gasteiger partial charge in [0.05, 0.1) is 30.6 Å². The van der Waals surface area contributed by atoms with Crippen LogP contribution in [0, 0.1) is 11.6 Å². The highest BCUT2D eigenvalue weighted by Crippen LogP contribution is 2.22. The third-order valence-electron chi connectivity index (χ3n) is 4.86. The van der Waals surface area contributed by atoms with Gasteiger partial charge < -0.3 is 20.8 Å². The molecule has 0 bridgehead atoms. The summed E-state index contributed by atoms with van der Waals surface area (Å²) < 4.78 is 28.1. The van der Waals surface area contributed by atoms with Gasteiger partial charge in [-0.15, -0.1) is 0 Å². The summed E-state index contributed by atoms with van der Waals surface area (Å²) in [6, 6.07) is 6.07. The Morgan fingerprint density at radius 2 is 2.03 bits per heavy atom. The van der Waals surface area contributed by atoms with Gasteiger partial charge in [-0.1, -0.05) is 18.2 Å². The summed E-state index contributed by atoms with van der Waals surface area (Å²) in [5.41, 5.74) is 6.31. The highest BCUT2D eigenvalue weighted by Gasteiger charge is 2.28. The van der Waals surface area contributed by atoms with E-state index in [1.807, 2.05) is 0 Å². The minimum Gasteiger partial charge on any atom is -0.396 e. The lowest BCUT2D eigenvalue weighted by molar-refractivity contribution is -0.111. The average Bonchev–Trinajstić information content (AvgIpc) is 2.74. The number of aliphatic hydroxyl groups is 2. The number of anilines is 1. The van der Waals surface area contributed by atoms with Crippen molar-refractivity contribution in [2.45, 2.75) is 32.1 Å². The minimum atomic E-state index is -1.03. The molecule has 1 aliphatic heterocycles. The Morgan fingerprint density at radius 3 is 2.71 bits per heavy atom. The van der Waals surface area contributed by atoms with Crippen molar-refractivity contribution in [3.8, 4) is 0 Å². The predicted octanol–water partition coefficient (Wildman–Crippen LogP) is 1.22. The zero-order valence-corrected chi connectivity index (χ0v) is 16.9. The van der Waals surface area contributed by atoms with E-state index in [0.29, 0.717) is 5.56 Å². The largest absolute Gasteiger partial charge is 0.396 e. The molecule has 1 saturated heterocycles. The second-order valence-electron chi connectivity index (χ2n) is 7.18. The number of benzene rings is 1. The number of hydrogen-bond donors (Lipinski definition) is 3. The van der Waals surface area contributed by atoms with Crippen LogP contribution in [0.2, 0.25) is 0 Å². The van der Waals surface area contributed by atoms with Crippen LogP contribution < -0.4 is 10.6 Å². The van der Waals surface area contributed by atoms with Gasteiger partial charge in [-0.25, -0.2) is 18.7 Å². The van der Waals surface area contributed by atoms with E-state index in [9.17, 15) is 23.8 Å². The summed E-state index contributed by atoms with van der Waals surface area (Å²) in [5, 5.41) is 19.5. The van der Waals surface area contributed by atoms with Crippen molar-refractivity contribution < 1.29 is 23.8 Å². The lowest BCUT2D eigenvalue weighted by atomic mass is 10.1. The summed E-state index contributed by atoms with van der Waals surface area (Å²) in [5.74, 6) is -1.64. The molecule has 0 spiro atoms. The van der Waals surface area contributed by atoms with Crippen LogP contribution in [0.1, 0.15) is 24.7 Å². The zero-order chi connectivity index (χ0) is 22.5. The molecule has 0 radical (unpaired) electrons. The lowest BCUT2D eigenvalue weighted by Crippen LogP contribution is -2.47. The second kappa shape index (κ2) is 9.71. The van der Waals surface area contributed by atoms with E-state index in [0.717, 1.165) is 6.20 Å². The molecule has 1 aromatic carbocycles. The first kappa shape index (κ1) is 22.4. The third kappa shape index (κ3) is 5.47. The molecule has 4 N–H and O–H groups in total. The molecule has 1 aromatic heterocycles. The Kier molecular flexibility index (Phi) is 7.03. The molecule has 0 amide bonds. The molecule has 10 heteroatoms. The fourth-order valence-corrected chi connectivity index (χ4v) is 3.10. The molecule has 8 nitrogen and oxygen atoms in total. The van der Waals surface area contributed by atoms with Gasteiger partial charge in [-0.05, 0) is 18.6 Å². The summed E-state index contributed by atoms with van der Waals surface area (Å²) in [7, 11) is 0. The molecule has 2 atom stereocenters. The Morgan fingerprint density at radius 1 is 1.29 bits per heavy atom. The molecule has 31 heavy (non-hydrogen) atoms. The molecule has 164 valence electrons. The fourth-order valence-electron chi connectivity index (χ4n) is 3.10. The smallest absolute Gasteiger partial charge is 0.183 e. The van der Waals surface area contributed by atoms with Gasteiger partial charge in [-0.2, -0.15) is 0 Å². The van der Waals surface area contributed by atoms with E-state index in [2.05, 4.69) is 15.0 Å². The molecular weight excluding hydrogens is 408 g/mol. The van der Waals surface area contributed by atoms with Crippen LogP contribution in [0.4, 0.5) is 14.6 Å². The summed E-state index contributed by atoms with van der Waals surface area (Å²) >= 11 is 0. The molecule has 1 aliphatic rings. The number of carbonyl (C=O) groups is 1. The number of β-amino-alcohol motifs (C(OH)–C–C–N with tert-alkyl or cyclic N) is 1. The van der Waals surface area contributed by atoms with Crippen LogP contribution >= 0.6 is 0 Å². The monoisotopic (exact) mass is 431 g/mol. The SMILES string of the molecule is CC(=O)C(C=C(N)c1ncc(F)c(N2CCC(O)C(O)C2)n1)=NCc1ccccc1F. The highest BCUT2D eigenvalue weighted by atomic mass is 19.1. The van der Waals surface area contributed by atoms with Crippen molar-refractivity contribution in [1.82, 2.24) is 9.97 Å². The average molecular weight is 431 g/mol. The van der Waals surface area contributed by atoms with Crippen LogP contribution in [-0.4, -0.2) is 57.0 Å². The number of aromatic nitrogens is 2. The van der Waals surface area contributed by atoms with E-state index in [1.54, 1.807) is 18.2 Å². The number of piperidine rings is 1. The summed E-state index contributed by atoms with van der Waals surface area (Å²) in [6.45, 7) is 1.52. The molecule has 2 aromatic rings. The standard InChI is InChI=1S/C21H23F2N5O3/c1-12(29)17(25-9-13-4-2-3-5-14(13)22)8-16(24)20-26-10-15(23)21(27-20)28-7-6-18(30)19(31)11-28/h2-5,8,10,18-19,30-31H,6-7,9,11,24H2,1H3. The van der Waals surface area contributed by atoms with Gasteiger partial charge in [0.25, 0.3) is 0 Å². The number of carbonyl (C=O) groups excluding carboxylic acids is 1. The number of ketones is 1. The molecule has 0 aliphatic carbocycles. The van der Waals surface area contributed by atoms with Crippen LogP contribution in [0.5, 0.6) is 0 Å². The van der Waals surface area contributed by atoms with Crippen LogP contribution in [-0.2, 0) is 11.3 Å². The molecule has 2 heterocycles. The third-order valence-corrected chi connectivity index (χ3v) is 4.86. The van der Waals surface area contributed by atoms with Gasteiger partial charge in [-0.3, -0.25) is 9.79 Å². The van der Waals surface area contributed by atoms with Gasteiger partial charge in [0.2, 0.25) is 0 Å². The number of Topliss-reactive ketones (excluding diaryl/α,β-unsaturated/α-hetero) is 1. The van der Waals surface area contributed by atoms with E-state index in [4.69, 9.17) is 5.73 Å². The number of hydrogen-bond acceptors (Lipinski definition) is 8. The van der Waals surface area contributed by atoms with Crippen molar-refractivity contribution in [1.29, 1.82) is 0 Å². The number of allylic oxidation sites excluding steroid dienone is 1. The maximum Gasteiger partial charge on any atom is 0.183 e. The summed E-state index contributed by atoms with van der Waals surface area (Å²) in [4.78, 5) is 25.6. The van der Waals surface area contributed by atoms with Gasteiger partial charge >= 0.3 is 0 Å².